The van der Waals surface area contributed by atoms with Crippen molar-refractivity contribution in [3.8, 4) is 0 Å². The van der Waals surface area contributed by atoms with Crippen LogP contribution in [0.15, 0.2) is 48.5 Å². The Kier molecular flexibility index (Phi) is 6.93. The second-order valence-electron chi connectivity index (χ2n) is 5.38. The van der Waals surface area contributed by atoms with Gasteiger partial charge >= 0.3 is 0 Å². The number of anilines is 1. The maximum absolute atomic E-state index is 12.2. The maximum atomic E-state index is 12.2. The SMILES string of the molecule is Cc1ccccc1CN(C)C(=O)CCc1ccccc1N.Cl. The van der Waals surface area contributed by atoms with E-state index >= 15 is 0 Å². The maximum Gasteiger partial charge on any atom is 0.222 e. The molecule has 0 heterocycles. The van der Waals surface area contributed by atoms with Gasteiger partial charge in [0.15, 0.2) is 0 Å². The van der Waals surface area contributed by atoms with Crippen LogP contribution in [0.2, 0.25) is 0 Å². The molecule has 0 unspecified atom stereocenters. The topological polar surface area (TPSA) is 46.3 Å². The van der Waals surface area contributed by atoms with Crippen molar-refractivity contribution in [3.63, 3.8) is 0 Å². The summed E-state index contributed by atoms with van der Waals surface area (Å²) in [7, 11) is 1.85. The standard InChI is InChI=1S/C18H22N2O.ClH/c1-14-7-3-4-9-16(14)13-20(2)18(21)12-11-15-8-5-6-10-17(15)19;/h3-10H,11-13,19H2,1-2H3;1H. The van der Waals surface area contributed by atoms with Crippen LogP contribution in [0.5, 0.6) is 0 Å². The lowest BCUT2D eigenvalue weighted by atomic mass is 10.1. The van der Waals surface area contributed by atoms with E-state index in [9.17, 15) is 4.79 Å². The van der Waals surface area contributed by atoms with Gasteiger partial charge in [-0.2, -0.15) is 0 Å². The van der Waals surface area contributed by atoms with Gasteiger partial charge in [-0.25, -0.2) is 0 Å². The number of carbonyl (C=O) groups is 1. The summed E-state index contributed by atoms with van der Waals surface area (Å²) in [4.78, 5) is 14.0. The summed E-state index contributed by atoms with van der Waals surface area (Å²) in [6.07, 6.45) is 1.17. The molecule has 0 fully saturated rings. The lowest BCUT2D eigenvalue weighted by molar-refractivity contribution is -0.130. The molecule has 0 bridgehead atoms. The molecule has 1 amide bonds. The van der Waals surface area contributed by atoms with Crippen LogP contribution in [0.1, 0.15) is 23.1 Å². The molecule has 0 aromatic heterocycles. The lowest BCUT2D eigenvalue weighted by Crippen LogP contribution is -2.26. The number of hydrogen-bond donors (Lipinski definition) is 1. The smallest absolute Gasteiger partial charge is 0.222 e. The summed E-state index contributed by atoms with van der Waals surface area (Å²) in [5, 5.41) is 0. The van der Waals surface area contributed by atoms with E-state index in [-0.39, 0.29) is 18.3 Å². The molecule has 0 aliphatic rings. The zero-order valence-electron chi connectivity index (χ0n) is 13.1. The predicted molar refractivity (Wildman–Crippen MR) is 94.1 cm³/mol. The zero-order valence-corrected chi connectivity index (χ0v) is 13.9. The largest absolute Gasteiger partial charge is 0.399 e. The molecule has 3 nitrogen and oxygen atoms in total. The van der Waals surface area contributed by atoms with Crippen molar-refractivity contribution in [3.05, 3.63) is 65.2 Å². The molecule has 0 saturated heterocycles. The van der Waals surface area contributed by atoms with Gasteiger partial charge in [0.1, 0.15) is 0 Å². The van der Waals surface area contributed by atoms with E-state index in [1.807, 2.05) is 43.4 Å². The summed E-state index contributed by atoms with van der Waals surface area (Å²) in [6.45, 7) is 2.72. The van der Waals surface area contributed by atoms with Crippen LogP contribution >= 0.6 is 12.4 Å². The van der Waals surface area contributed by atoms with Crippen LogP contribution in [0.25, 0.3) is 0 Å². The molecule has 2 rings (SSSR count). The lowest BCUT2D eigenvalue weighted by Gasteiger charge is -2.18. The molecule has 0 aliphatic carbocycles. The normalized spacial score (nSPS) is 9.91. The third kappa shape index (κ3) is 4.78. The Morgan fingerprint density at radius 2 is 1.64 bits per heavy atom. The van der Waals surface area contributed by atoms with Gasteiger partial charge < -0.3 is 10.6 Å². The fraction of sp³-hybridized carbons (Fsp3) is 0.278. The van der Waals surface area contributed by atoms with Crippen molar-refractivity contribution in [2.45, 2.75) is 26.3 Å². The average molecular weight is 319 g/mol. The van der Waals surface area contributed by atoms with Gasteiger partial charge in [0, 0.05) is 25.7 Å². The molecular formula is C18H23ClN2O. The second kappa shape index (κ2) is 8.44. The average Bonchev–Trinajstić information content (AvgIpc) is 2.48. The van der Waals surface area contributed by atoms with Crippen molar-refractivity contribution >= 4 is 24.0 Å². The molecule has 2 aromatic rings. The van der Waals surface area contributed by atoms with E-state index in [0.29, 0.717) is 19.4 Å². The van der Waals surface area contributed by atoms with Gasteiger partial charge in [0.2, 0.25) is 5.91 Å². The van der Waals surface area contributed by atoms with Gasteiger partial charge in [0.05, 0.1) is 0 Å². The van der Waals surface area contributed by atoms with Crippen LogP contribution in [-0.2, 0) is 17.8 Å². The van der Waals surface area contributed by atoms with Crippen molar-refractivity contribution < 1.29 is 4.79 Å². The van der Waals surface area contributed by atoms with Crippen LogP contribution in [0, 0.1) is 6.92 Å². The number of amides is 1. The fourth-order valence-electron chi connectivity index (χ4n) is 2.33. The van der Waals surface area contributed by atoms with Crippen molar-refractivity contribution in [1.29, 1.82) is 0 Å². The van der Waals surface area contributed by atoms with E-state index in [1.54, 1.807) is 4.90 Å². The van der Waals surface area contributed by atoms with E-state index < -0.39 is 0 Å². The van der Waals surface area contributed by atoms with E-state index in [2.05, 4.69) is 19.1 Å². The highest BCUT2D eigenvalue weighted by molar-refractivity contribution is 5.85. The molecule has 4 heteroatoms. The second-order valence-corrected chi connectivity index (χ2v) is 5.38. The number of para-hydroxylation sites is 1. The minimum atomic E-state index is 0. The predicted octanol–water partition coefficient (Wildman–Crippen LogP) is 3.59. The quantitative estimate of drug-likeness (QED) is 0.856. The minimum absolute atomic E-state index is 0. The highest BCUT2D eigenvalue weighted by atomic mass is 35.5. The van der Waals surface area contributed by atoms with Gasteiger partial charge in [0.25, 0.3) is 0 Å². The van der Waals surface area contributed by atoms with Crippen molar-refractivity contribution in [1.82, 2.24) is 4.90 Å². The number of nitrogen functional groups attached to an aromatic ring is 1. The zero-order chi connectivity index (χ0) is 15.2. The molecule has 0 aliphatic heterocycles. The number of aryl methyl sites for hydroxylation is 2. The van der Waals surface area contributed by atoms with Crippen molar-refractivity contribution in [2.24, 2.45) is 0 Å². The Labute approximate surface area is 138 Å². The first-order valence-electron chi connectivity index (χ1n) is 7.20. The Bertz CT molecular complexity index is 628. The van der Waals surface area contributed by atoms with Gasteiger partial charge in [-0.3, -0.25) is 4.79 Å². The number of carbonyl (C=O) groups excluding carboxylic acids is 1. The summed E-state index contributed by atoms with van der Waals surface area (Å²) in [5.74, 6) is 0.140. The molecule has 2 aromatic carbocycles. The van der Waals surface area contributed by atoms with Crippen LogP contribution < -0.4 is 5.73 Å². The van der Waals surface area contributed by atoms with Crippen LogP contribution in [0.4, 0.5) is 5.69 Å². The van der Waals surface area contributed by atoms with E-state index in [0.717, 1.165) is 11.3 Å². The molecule has 118 valence electrons. The highest BCUT2D eigenvalue weighted by Gasteiger charge is 2.11. The summed E-state index contributed by atoms with van der Waals surface area (Å²) in [5.41, 5.74) is 10.1. The molecule has 0 atom stereocenters. The summed E-state index contributed by atoms with van der Waals surface area (Å²) < 4.78 is 0. The Morgan fingerprint density at radius 3 is 2.27 bits per heavy atom. The minimum Gasteiger partial charge on any atom is -0.399 e. The molecule has 2 N–H and O–H groups in total. The van der Waals surface area contributed by atoms with E-state index in [4.69, 9.17) is 5.73 Å². The number of benzene rings is 2. The summed E-state index contributed by atoms with van der Waals surface area (Å²) >= 11 is 0. The molecule has 0 radical (unpaired) electrons. The highest BCUT2D eigenvalue weighted by Crippen LogP contribution is 2.14. The Hall–Kier alpha value is -2.00. The number of halogens is 1. The number of nitrogens with two attached hydrogens (primary N) is 1. The molecule has 0 spiro atoms. The molecule has 0 saturated carbocycles. The first-order valence-corrected chi connectivity index (χ1v) is 7.20. The Morgan fingerprint density at radius 1 is 1.05 bits per heavy atom. The van der Waals surface area contributed by atoms with Gasteiger partial charge in [-0.15, -0.1) is 12.4 Å². The van der Waals surface area contributed by atoms with E-state index in [1.165, 1.54) is 11.1 Å². The van der Waals surface area contributed by atoms with Gasteiger partial charge in [-0.05, 0) is 36.1 Å². The molecular weight excluding hydrogens is 296 g/mol. The van der Waals surface area contributed by atoms with Gasteiger partial charge in [-0.1, -0.05) is 42.5 Å². The number of rotatable bonds is 5. The first kappa shape index (κ1) is 18.1. The Balaban J connectivity index is 0.00000242. The monoisotopic (exact) mass is 318 g/mol. The van der Waals surface area contributed by atoms with Crippen LogP contribution in [0.3, 0.4) is 0 Å². The third-order valence-corrected chi connectivity index (χ3v) is 3.76. The van der Waals surface area contributed by atoms with Crippen LogP contribution in [-0.4, -0.2) is 17.9 Å². The molecule has 22 heavy (non-hydrogen) atoms. The third-order valence-electron chi connectivity index (χ3n) is 3.76. The first-order chi connectivity index (χ1) is 10.1. The summed E-state index contributed by atoms with van der Waals surface area (Å²) in [6, 6.07) is 15.9. The number of nitrogens with zero attached hydrogens (tertiary/aromatic N) is 1. The van der Waals surface area contributed by atoms with Crippen molar-refractivity contribution in [2.75, 3.05) is 12.8 Å². The fourth-order valence-corrected chi connectivity index (χ4v) is 2.33. The number of hydrogen-bond acceptors (Lipinski definition) is 2.